The van der Waals surface area contributed by atoms with Crippen LogP contribution in [0.3, 0.4) is 0 Å². The number of carboxylic acid groups (broad SMARTS) is 1. The van der Waals surface area contributed by atoms with Gasteiger partial charge in [0.05, 0.1) is 6.54 Å². The molecule has 0 aliphatic heterocycles. The number of benzene rings is 1. The predicted molar refractivity (Wildman–Crippen MR) is 66.5 cm³/mol. The minimum atomic E-state index is -0.791. The normalized spacial score (nSPS) is 9.56. The number of nitrogens with zero attached hydrogens (tertiary/aromatic N) is 1. The van der Waals surface area contributed by atoms with Gasteiger partial charge >= 0.3 is 5.97 Å². The zero-order valence-electron chi connectivity index (χ0n) is 10.5. The molecule has 0 spiro atoms. The molecule has 16 heavy (non-hydrogen) atoms. The number of carbonyl (C=O) groups is 1. The lowest BCUT2D eigenvalue weighted by atomic mass is 10.1. The SMILES string of the molecule is CC.Cc1ccccc1CN(C)CC(=O)O. The molecule has 0 heterocycles. The fourth-order valence-electron chi connectivity index (χ4n) is 1.37. The Bertz CT molecular complexity index is 323. The van der Waals surface area contributed by atoms with E-state index in [-0.39, 0.29) is 6.54 Å². The lowest BCUT2D eigenvalue weighted by Crippen LogP contribution is -2.25. The highest BCUT2D eigenvalue weighted by molar-refractivity contribution is 5.69. The lowest BCUT2D eigenvalue weighted by Gasteiger charge is -2.15. The van der Waals surface area contributed by atoms with Gasteiger partial charge in [-0.3, -0.25) is 9.69 Å². The average Bonchev–Trinajstić information content (AvgIpc) is 2.23. The first kappa shape index (κ1) is 14.6. The van der Waals surface area contributed by atoms with Crippen LogP contribution in [0.5, 0.6) is 0 Å². The third-order valence-corrected chi connectivity index (χ3v) is 2.11. The summed E-state index contributed by atoms with van der Waals surface area (Å²) in [6.45, 7) is 6.79. The molecule has 0 unspecified atom stereocenters. The van der Waals surface area contributed by atoms with Crippen LogP contribution in [0.4, 0.5) is 0 Å². The molecular formula is C13H21NO2. The van der Waals surface area contributed by atoms with Crippen molar-refractivity contribution < 1.29 is 9.90 Å². The van der Waals surface area contributed by atoms with Crippen molar-refractivity contribution in [3.8, 4) is 0 Å². The Morgan fingerprint density at radius 3 is 2.38 bits per heavy atom. The molecule has 0 radical (unpaired) electrons. The maximum absolute atomic E-state index is 10.4. The van der Waals surface area contributed by atoms with Crippen molar-refractivity contribution in [3.63, 3.8) is 0 Å². The fraction of sp³-hybridized carbons (Fsp3) is 0.462. The van der Waals surface area contributed by atoms with Crippen molar-refractivity contribution in [1.82, 2.24) is 4.90 Å². The molecule has 0 aliphatic rings. The minimum absolute atomic E-state index is 0.0777. The maximum atomic E-state index is 10.4. The summed E-state index contributed by atoms with van der Waals surface area (Å²) in [6, 6.07) is 8.00. The molecule has 0 aromatic heterocycles. The van der Waals surface area contributed by atoms with E-state index in [1.54, 1.807) is 11.9 Å². The maximum Gasteiger partial charge on any atom is 0.317 e. The second-order valence-corrected chi connectivity index (χ2v) is 3.49. The second-order valence-electron chi connectivity index (χ2n) is 3.49. The van der Waals surface area contributed by atoms with Gasteiger partial charge < -0.3 is 5.11 Å². The van der Waals surface area contributed by atoms with Crippen LogP contribution in [0.15, 0.2) is 24.3 Å². The van der Waals surface area contributed by atoms with Gasteiger partial charge in [0, 0.05) is 6.54 Å². The van der Waals surface area contributed by atoms with Crippen molar-refractivity contribution in [2.75, 3.05) is 13.6 Å². The van der Waals surface area contributed by atoms with Gasteiger partial charge in [-0.1, -0.05) is 38.1 Å². The topological polar surface area (TPSA) is 40.5 Å². The third-order valence-electron chi connectivity index (χ3n) is 2.11. The third kappa shape index (κ3) is 5.51. The molecule has 0 atom stereocenters. The molecular weight excluding hydrogens is 202 g/mol. The summed E-state index contributed by atoms with van der Waals surface area (Å²) in [5.41, 5.74) is 2.38. The number of hydrogen-bond acceptors (Lipinski definition) is 2. The first-order valence-corrected chi connectivity index (χ1v) is 5.54. The van der Waals surface area contributed by atoms with E-state index >= 15 is 0 Å². The Morgan fingerprint density at radius 2 is 1.88 bits per heavy atom. The summed E-state index contributed by atoms with van der Waals surface area (Å²) >= 11 is 0. The zero-order valence-corrected chi connectivity index (χ0v) is 10.5. The Hall–Kier alpha value is -1.35. The van der Waals surface area contributed by atoms with Gasteiger partial charge in [-0.25, -0.2) is 0 Å². The summed E-state index contributed by atoms with van der Waals surface area (Å²) in [4.78, 5) is 12.2. The van der Waals surface area contributed by atoms with Gasteiger partial charge in [0.25, 0.3) is 0 Å². The average molecular weight is 223 g/mol. The molecule has 1 aromatic carbocycles. The highest BCUT2D eigenvalue weighted by Crippen LogP contribution is 2.08. The predicted octanol–water partition coefficient (Wildman–Crippen LogP) is 2.54. The summed E-state index contributed by atoms with van der Waals surface area (Å²) in [5.74, 6) is -0.791. The smallest absolute Gasteiger partial charge is 0.317 e. The van der Waals surface area contributed by atoms with Crippen LogP contribution in [-0.4, -0.2) is 29.6 Å². The molecule has 0 amide bonds. The fourth-order valence-corrected chi connectivity index (χ4v) is 1.37. The number of likely N-dealkylation sites (N-methyl/N-ethyl adjacent to an activating group) is 1. The van der Waals surface area contributed by atoms with Gasteiger partial charge in [0.1, 0.15) is 0 Å². The quantitative estimate of drug-likeness (QED) is 0.852. The molecule has 3 heteroatoms. The first-order chi connectivity index (χ1) is 7.59. The summed E-state index contributed by atoms with van der Waals surface area (Å²) in [7, 11) is 1.81. The largest absolute Gasteiger partial charge is 0.480 e. The van der Waals surface area contributed by atoms with E-state index < -0.39 is 5.97 Å². The van der Waals surface area contributed by atoms with Gasteiger partial charge in [-0.05, 0) is 25.1 Å². The minimum Gasteiger partial charge on any atom is -0.480 e. The molecule has 3 nitrogen and oxygen atoms in total. The molecule has 0 aliphatic carbocycles. The van der Waals surface area contributed by atoms with Crippen LogP contribution < -0.4 is 0 Å². The molecule has 1 N–H and O–H groups in total. The van der Waals surface area contributed by atoms with Crippen molar-refractivity contribution in [1.29, 1.82) is 0 Å². The van der Waals surface area contributed by atoms with Crippen molar-refractivity contribution >= 4 is 5.97 Å². The summed E-state index contributed by atoms with van der Waals surface area (Å²) in [5, 5.41) is 8.59. The van der Waals surface area contributed by atoms with E-state index in [1.807, 2.05) is 45.0 Å². The monoisotopic (exact) mass is 223 g/mol. The highest BCUT2D eigenvalue weighted by atomic mass is 16.4. The number of hydrogen-bond donors (Lipinski definition) is 1. The summed E-state index contributed by atoms with van der Waals surface area (Å²) < 4.78 is 0. The molecule has 90 valence electrons. The van der Waals surface area contributed by atoms with Crippen LogP contribution in [0, 0.1) is 6.92 Å². The van der Waals surface area contributed by atoms with Crippen LogP contribution >= 0.6 is 0 Å². The molecule has 0 saturated heterocycles. The number of aliphatic carboxylic acids is 1. The van der Waals surface area contributed by atoms with E-state index in [0.717, 1.165) is 0 Å². The Labute approximate surface area is 97.7 Å². The number of aryl methyl sites for hydroxylation is 1. The van der Waals surface area contributed by atoms with Gasteiger partial charge in [-0.2, -0.15) is 0 Å². The van der Waals surface area contributed by atoms with Crippen LogP contribution in [0.2, 0.25) is 0 Å². The number of carboxylic acids is 1. The van der Waals surface area contributed by atoms with Gasteiger partial charge in [0.15, 0.2) is 0 Å². The number of rotatable bonds is 4. The molecule has 1 aromatic rings. The van der Waals surface area contributed by atoms with Crippen LogP contribution in [-0.2, 0) is 11.3 Å². The van der Waals surface area contributed by atoms with E-state index in [0.29, 0.717) is 6.54 Å². The molecule has 0 saturated carbocycles. The standard InChI is InChI=1S/C11H15NO2.C2H6/c1-9-5-3-4-6-10(9)7-12(2)8-11(13)14;1-2/h3-6H,7-8H2,1-2H3,(H,13,14);1-2H3. The van der Waals surface area contributed by atoms with E-state index in [2.05, 4.69) is 0 Å². The van der Waals surface area contributed by atoms with E-state index in [1.165, 1.54) is 11.1 Å². The van der Waals surface area contributed by atoms with Gasteiger partial charge in [-0.15, -0.1) is 0 Å². The molecule has 1 rings (SSSR count). The first-order valence-electron chi connectivity index (χ1n) is 5.54. The van der Waals surface area contributed by atoms with Crippen molar-refractivity contribution in [3.05, 3.63) is 35.4 Å². The molecule has 0 fully saturated rings. The Balaban J connectivity index is 0.00000106. The van der Waals surface area contributed by atoms with Crippen molar-refractivity contribution in [2.24, 2.45) is 0 Å². The lowest BCUT2D eigenvalue weighted by molar-refractivity contribution is -0.138. The zero-order chi connectivity index (χ0) is 12.6. The van der Waals surface area contributed by atoms with Crippen molar-refractivity contribution in [2.45, 2.75) is 27.3 Å². The van der Waals surface area contributed by atoms with E-state index in [4.69, 9.17) is 5.11 Å². The van der Waals surface area contributed by atoms with Crippen LogP contribution in [0.1, 0.15) is 25.0 Å². The summed E-state index contributed by atoms with van der Waals surface area (Å²) in [6.07, 6.45) is 0. The second kappa shape index (κ2) is 7.88. The Kier molecular flexibility index (Phi) is 7.21. The highest BCUT2D eigenvalue weighted by Gasteiger charge is 2.05. The Morgan fingerprint density at radius 1 is 1.31 bits per heavy atom. The van der Waals surface area contributed by atoms with Gasteiger partial charge in [0.2, 0.25) is 0 Å². The van der Waals surface area contributed by atoms with E-state index in [9.17, 15) is 4.79 Å². The van der Waals surface area contributed by atoms with Crippen LogP contribution in [0.25, 0.3) is 0 Å². The molecule has 0 bridgehead atoms.